The third kappa shape index (κ3) is 4.59. The van der Waals surface area contributed by atoms with Crippen LogP contribution in [-0.4, -0.2) is 20.7 Å². The van der Waals surface area contributed by atoms with Crippen LogP contribution >= 0.6 is 15.9 Å². The summed E-state index contributed by atoms with van der Waals surface area (Å²) in [6, 6.07) is 4.40. The van der Waals surface area contributed by atoms with E-state index in [0.29, 0.717) is 16.5 Å². The molecule has 0 aliphatic carbocycles. The Morgan fingerprint density at radius 1 is 1.50 bits per heavy atom. The van der Waals surface area contributed by atoms with E-state index in [4.69, 9.17) is 0 Å². The molecule has 1 N–H and O–H groups in total. The number of rotatable bonds is 4. The van der Waals surface area contributed by atoms with Gasteiger partial charge in [0.1, 0.15) is 5.82 Å². The fourth-order valence-electron chi connectivity index (χ4n) is 1.42. The highest BCUT2D eigenvalue weighted by Gasteiger charge is 2.11. The Hall–Kier alpha value is -0.460. The molecule has 0 saturated heterocycles. The number of sulfonamides is 1. The van der Waals surface area contributed by atoms with Crippen LogP contribution in [0.2, 0.25) is 0 Å². The summed E-state index contributed by atoms with van der Waals surface area (Å²) in [6.45, 7) is 1.70. The number of benzene rings is 1. The Morgan fingerprint density at radius 2 is 2.12 bits per heavy atom. The average Bonchev–Trinajstić information content (AvgIpc) is 2.06. The van der Waals surface area contributed by atoms with Crippen molar-refractivity contribution >= 4 is 26.0 Å². The Bertz CT molecular complexity index is 476. The Balaban J connectivity index is 2.73. The van der Waals surface area contributed by atoms with Crippen LogP contribution in [0.25, 0.3) is 0 Å². The normalized spacial score (nSPS) is 13.8. The molecule has 0 fully saturated rings. The summed E-state index contributed by atoms with van der Waals surface area (Å²) in [5.41, 5.74) is 0.492. The van der Waals surface area contributed by atoms with Crippen molar-refractivity contribution in [1.82, 2.24) is 4.72 Å². The van der Waals surface area contributed by atoms with Crippen LogP contribution in [0.1, 0.15) is 12.5 Å². The standard InChI is InChI=1S/C10H13BrFNO2S/c1-7(13-16(2,14)15)5-8-3-4-9(11)6-10(8)12/h3-4,6-7,13H,5H2,1-2H3. The highest BCUT2D eigenvalue weighted by Crippen LogP contribution is 2.16. The fraction of sp³-hybridized carbons (Fsp3) is 0.400. The van der Waals surface area contributed by atoms with Crippen molar-refractivity contribution in [3.8, 4) is 0 Å². The third-order valence-corrected chi connectivity index (χ3v) is 3.28. The molecule has 16 heavy (non-hydrogen) atoms. The molecule has 1 aromatic carbocycles. The molecule has 90 valence electrons. The van der Waals surface area contributed by atoms with Gasteiger partial charge in [0.25, 0.3) is 0 Å². The predicted octanol–water partition coefficient (Wildman–Crippen LogP) is 2.07. The monoisotopic (exact) mass is 309 g/mol. The highest BCUT2D eigenvalue weighted by atomic mass is 79.9. The van der Waals surface area contributed by atoms with Gasteiger partial charge >= 0.3 is 0 Å². The molecule has 0 saturated carbocycles. The lowest BCUT2D eigenvalue weighted by Crippen LogP contribution is -2.33. The van der Waals surface area contributed by atoms with Gasteiger partial charge in [-0.2, -0.15) is 0 Å². The summed E-state index contributed by atoms with van der Waals surface area (Å²) in [4.78, 5) is 0. The van der Waals surface area contributed by atoms with E-state index in [1.165, 1.54) is 6.07 Å². The molecule has 1 unspecified atom stereocenters. The second-order valence-electron chi connectivity index (χ2n) is 3.73. The maximum atomic E-state index is 13.4. The van der Waals surface area contributed by atoms with Crippen LogP contribution in [0.3, 0.4) is 0 Å². The quantitative estimate of drug-likeness (QED) is 0.925. The van der Waals surface area contributed by atoms with Crippen molar-refractivity contribution < 1.29 is 12.8 Å². The van der Waals surface area contributed by atoms with Crippen LogP contribution < -0.4 is 4.72 Å². The molecule has 0 amide bonds. The van der Waals surface area contributed by atoms with Crippen LogP contribution in [0, 0.1) is 5.82 Å². The lowest BCUT2D eigenvalue weighted by molar-refractivity contribution is 0.553. The van der Waals surface area contributed by atoms with E-state index in [0.717, 1.165) is 6.26 Å². The summed E-state index contributed by atoms with van der Waals surface area (Å²) in [5, 5.41) is 0. The van der Waals surface area contributed by atoms with Gasteiger partial charge in [0.2, 0.25) is 10.0 Å². The topological polar surface area (TPSA) is 46.2 Å². The zero-order valence-corrected chi connectivity index (χ0v) is 11.4. The molecule has 0 radical (unpaired) electrons. The molecule has 1 aromatic rings. The van der Waals surface area contributed by atoms with E-state index >= 15 is 0 Å². The molecule has 0 aliphatic rings. The van der Waals surface area contributed by atoms with Crippen molar-refractivity contribution in [3.63, 3.8) is 0 Å². The first kappa shape index (κ1) is 13.6. The van der Waals surface area contributed by atoms with Gasteiger partial charge in [-0.3, -0.25) is 0 Å². The lowest BCUT2D eigenvalue weighted by atomic mass is 10.1. The van der Waals surface area contributed by atoms with E-state index in [1.807, 2.05) is 0 Å². The van der Waals surface area contributed by atoms with Crippen molar-refractivity contribution in [2.45, 2.75) is 19.4 Å². The smallest absolute Gasteiger partial charge is 0.208 e. The molecule has 0 heterocycles. The van der Waals surface area contributed by atoms with Crippen molar-refractivity contribution in [1.29, 1.82) is 0 Å². The molecule has 6 heteroatoms. The Kier molecular flexibility index (Phi) is 4.46. The predicted molar refractivity (Wildman–Crippen MR) is 65.2 cm³/mol. The summed E-state index contributed by atoms with van der Waals surface area (Å²) in [7, 11) is -3.25. The molecule has 3 nitrogen and oxygen atoms in total. The van der Waals surface area contributed by atoms with Gasteiger partial charge in [-0.1, -0.05) is 22.0 Å². The molecule has 1 rings (SSSR count). The maximum Gasteiger partial charge on any atom is 0.208 e. The molecule has 0 spiro atoms. The van der Waals surface area contributed by atoms with Crippen LogP contribution in [-0.2, 0) is 16.4 Å². The first-order valence-electron chi connectivity index (χ1n) is 4.69. The van der Waals surface area contributed by atoms with Crippen LogP contribution in [0.15, 0.2) is 22.7 Å². The minimum atomic E-state index is -3.25. The van der Waals surface area contributed by atoms with Gasteiger partial charge in [-0.15, -0.1) is 0 Å². The first-order valence-corrected chi connectivity index (χ1v) is 7.37. The van der Waals surface area contributed by atoms with Crippen molar-refractivity contribution in [3.05, 3.63) is 34.1 Å². The second kappa shape index (κ2) is 5.25. The fourth-order valence-corrected chi connectivity index (χ4v) is 2.57. The van der Waals surface area contributed by atoms with E-state index in [-0.39, 0.29) is 11.9 Å². The van der Waals surface area contributed by atoms with E-state index in [2.05, 4.69) is 20.7 Å². The minimum Gasteiger partial charge on any atom is -0.213 e. The second-order valence-corrected chi connectivity index (χ2v) is 6.43. The Labute approximate surface area is 103 Å². The molecular weight excluding hydrogens is 297 g/mol. The van der Waals surface area contributed by atoms with Crippen molar-refractivity contribution in [2.24, 2.45) is 0 Å². The summed E-state index contributed by atoms with van der Waals surface area (Å²) in [6.07, 6.45) is 1.41. The molecule has 0 bridgehead atoms. The SMILES string of the molecule is CC(Cc1ccc(Br)cc1F)NS(C)(=O)=O. The van der Waals surface area contributed by atoms with Crippen molar-refractivity contribution in [2.75, 3.05) is 6.26 Å². The van der Waals surface area contributed by atoms with E-state index in [1.54, 1.807) is 19.1 Å². The number of nitrogens with one attached hydrogen (secondary N) is 1. The van der Waals surface area contributed by atoms with Gasteiger partial charge in [-0.05, 0) is 31.0 Å². The molecule has 0 aliphatic heterocycles. The zero-order valence-electron chi connectivity index (χ0n) is 9.00. The van der Waals surface area contributed by atoms with Gasteiger partial charge in [0, 0.05) is 10.5 Å². The Morgan fingerprint density at radius 3 is 2.62 bits per heavy atom. The molecule has 0 aromatic heterocycles. The average molecular weight is 310 g/mol. The van der Waals surface area contributed by atoms with E-state index < -0.39 is 10.0 Å². The summed E-state index contributed by atoms with van der Waals surface area (Å²) < 4.78 is 38.4. The highest BCUT2D eigenvalue weighted by molar-refractivity contribution is 9.10. The van der Waals surface area contributed by atoms with Gasteiger partial charge in [-0.25, -0.2) is 17.5 Å². The lowest BCUT2D eigenvalue weighted by Gasteiger charge is -2.12. The molecule has 1 atom stereocenters. The third-order valence-electron chi connectivity index (χ3n) is 1.96. The van der Waals surface area contributed by atoms with Gasteiger partial charge < -0.3 is 0 Å². The number of hydrogen-bond donors (Lipinski definition) is 1. The zero-order chi connectivity index (χ0) is 12.3. The van der Waals surface area contributed by atoms with E-state index in [9.17, 15) is 12.8 Å². The maximum absolute atomic E-state index is 13.4. The minimum absolute atomic E-state index is 0.326. The van der Waals surface area contributed by atoms with Crippen LogP contribution in [0.4, 0.5) is 4.39 Å². The summed E-state index contributed by atoms with van der Waals surface area (Å²) in [5.74, 6) is -0.337. The largest absolute Gasteiger partial charge is 0.213 e. The molecular formula is C10H13BrFNO2S. The number of halogens is 2. The number of hydrogen-bond acceptors (Lipinski definition) is 2. The summed E-state index contributed by atoms with van der Waals surface area (Å²) >= 11 is 3.16. The first-order chi connectivity index (χ1) is 7.28. The van der Waals surface area contributed by atoms with Gasteiger partial charge in [0.05, 0.1) is 6.26 Å². The van der Waals surface area contributed by atoms with Gasteiger partial charge in [0.15, 0.2) is 0 Å². The van der Waals surface area contributed by atoms with Crippen LogP contribution in [0.5, 0.6) is 0 Å².